The van der Waals surface area contributed by atoms with Gasteiger partial charge in [-0.05, 0) is 29.8 Å². The van der Waals surface area contributed by atoms with Gasteiger partial charge in [0.05, 0.1) is 28.4 Å². The summed E-state index contributed by atoms with van der Waals surface area (Å²) in [5, 5.41) is 9.37. The molecule has 0 aliphatic rings. The average molecular weight is 556 g/mol. The third-order valence-electron chi connectivity index (χ3n) is 4.07. The number of hydrogen-bond donors (Lipinski definition) is 1. The first-order valence-electron chi connectivity index (χ1n) is 9.12. The summed E-state index contributed by atoms with van der Waals surface area (Å²) in [6, 6.07) is 16.9. The number of ether oxygens (including phenoxy) is 5. The van der Waals surface area contributed by atoms with Crippen molar-refractivity contribution >= 4 is 31.9 Å². The molecule has 1 N–H and O–H groups in total. The number of hydrogen-bond acceptors (Lipinski definition) is 6. The van der Waals surface area contributed by atoms with Crippen molar-refractivity contribution in [3.05, 3.63) is 69.1 Å². The maximum absolute atomic E-state index is 9.37. The Hall–Kier alpha value is -2.58. The molecule has 0 bridgehead atoms. The Bertz CT molecular complexity index is 980. The molecule has 0 fully saturated rings. The monoisotopic (exact) mass is 554 g/mol. The zero-order chi connectivity index (χ0) is 22.8. The molecular weight excluding hydrogens is 532 g/mol. The van der Waals surface area contributed by atoms with Crippen LogP contribution in [0.2, 0.25) is 0 Å². The van der Waals surface area contributed by atoms with Gasteiger partial charge in [-0.3, -0.25) is 0 Å². The number of halogens is 2. The fourth-order valence-corrected chi connectivity index (χ4v) is 3.49. The molecule has 0 saturated carbocycles. The molecule has 3 aromatic rings. The van der Waals surface area contributed by atoms with Crippen LogP contribution in [-0.2, 0) is 6.61 Å². The summed E-state index contributed by atoms with van der Waals surface area (Å²) in [6.07, 6.45) is 0. The van der Waals surface area contributed by atoms with E-state index in [1.807, 2.05) is 42.5 Å². The molecule has 0 aliphatic heterocycles. The summed E-state index contributed by atoms with van der Waals surface area (Å²) < 4.78 is 28.0. The lowest BCUT2D eigenvalue weighted by molar-refractivity contribution is 0.275. The van der Waals surface area contributed by atoms with Crippen LogP contribution in [0.5, 0.6) is 34.5 Å². The van der Waals surface area contributed by atoms with E-state index in [0.29, 0.717) is 35.4 Å². The molecule has 6 nitrogen and oxygen atoms in total. The van der Waals surface area contributed by atoms with E-state index >= 15 is 0 Å². The van der Waals surface area contributed by atoms with Crippen molar-refractivity contribution in [3.63, 3.8) is 0 Å². The number of rotatable bonds is 7. The third kappa shape index (κ3) is 6.97. The second-order valence-electron chi connectivity index (χ2n) is 6.07. The molecule has 0 atom stereocenters. The topological polar surface area (TPSA) is 66.4 Å². The van der Waals surface area contributed by atoms with E-state index in [0.717, 1.165) is 14.5 Å². The number of methoxy groups -OCH3 is 4. The van der Waals surface area contributed by atoms with Crippen molar-refractivity contribution in [1.82, 2.24) is 0 Å². The first-order valence-corrected chi connectivity index (χ1v) is 10.7. The lowest BCUT2D eigenvalue weighted by Gasteiger charge is -2.14. The minimum absolute atomic E-state index is 0.0590. The normalized spacial score (nSPS) is 9.87. The summed E-state index contributed by atoms with van der Waals surface area (Å²) in [7, 11) is 6.20. The Morgan fingerprint density at radius 3 is 1.74 bits per heavy atom. The van der Waals surface area contributed by atoms with E-state index < -0.39 is 0 Å². The van der Waals surface area contributed by atoms with E-state index in [-0.39, 0.29) is 5.75 Å². The Morgan fingerprint density at radius 1 is 0.677 bits per heavy atom. The smallest absolute Gasteiger partial charge is 0.203 e. The number of phenols is 1. The number of phenolic OH excluding ortho intramolecular Hbond substituents is 1. The number of aromatic hydroxyl groups is 1. The Labute approximate surface area is 198 Å². The highest BCUT2D eigenvalue weighted by atomic mass is 79.9. The summed E-state index contributed by atoms with van der Waals surface area (Å²) in [5.74, 6) is 2.80. The molecule has 166 valence electrons. The van der Waals surface area contributed by atoms with Crippen molar-refractivity contribution in [1.29, 1.82) is 0 Å². The summed E-state index contributed by atoms with van der Waals surface area (Å²) in [4.78, 5) is 0. The molecule has 0 radical (unpaired) electrons. The van der Waals surface area contributed by atoms with E-state index in [2.05, 4.69) is 31.9 Å². The second kappa shape index (κ2) is 12.3. The molecule has 0 aliphatic carbocycles. The van der Waals surface area contributed by atoms with Gasteiger partial charge in [-0.15, -0.1) is 0 Å². The van der Waals surface area contributed by atoms with Crippen LogP contribution in [0.3, 0.4) is 0 Å². The summed E-state index contributed by atoms with van der Waals surface area (Å²) in [5.41, 5.74) is 1.10. The van der Waals surface area contributed by atoms with Gasteiger partial charge in [0.25, 0.3) is 0 Å². The van der Waals surface area contributed by atoms with Gasteiger partial charge in [0.1, 0.15) is 6.61 Å². The maximum Gasteiger partial charge on any atom is 0.203 e. The van der Waals surface area contributed by atoms with Crippen LogP contribution in [0.4, 0.5) is 0 Å². The first-order chi connectivity index (χ1) is 14.9. The van der Waals surface area contributed by atoms with Gasteiger partial charge in [-0.1, -0.05) is 62.2 Å². The van der Waals surface area contributed by atoms with E-state index in [1.165, 1.54) is 14.2 Å². The molecule has 0 spiro atoms. The Kier molecular flexibility index (Phi) is 9.81. The van der Waals surface area contributed by atoms with Gasteiger partial charge in [0.15, 0.2) is 23.0 Å². The standard InChI is InChI=1S/C15H15BrO3.C8H9BrO3/c1-17-13-8-12(16)9-14(15(13)18-2)19-10-11-6-4-3-5-7-11;1-11-7-4-5(9)3-6(10)8(7)12-2/h3-9H,10H2,1-2H3;3-4,10H,1-2H3. The number of benzene rings is 3. The fourth-order valence-electron chi connectivity index (χ4n) is 2.65. The predicted octanol–water partition coefficient (Wildman–Crippen LogP) is 6.22. The van der Waals surface area contributed by atoms with E-state index in [4.69, 9.17) is 23.7 Å². The lowest BCUT2D eigenvalue weighted by Crippen LogP contribution is -1.99. The van der Waals surface area contributed by atoms with Crippen molar-refractivity contribution < 1.29 is 28.8 Å². The molecular formula is C23H24Br2O6. The van der Waals surface area contributed by atoms with Gasteiger partial charge in [-0.25, -0.2) is 0 Å². The molecule has 0 heterocycles. The third-order valence-corrected chi connectivity index (χ3v) is 4.99. The van der Waals surface area contributed by atoms with Crippen molar-refractivity contribution in [3.8, 4) is 34.5 Å². The molecule has 31 heavy (non-hydrogen) atoms. The quantitative estimate of drug-likeness (QED) is 0.373. The van der Waals surface area contributed by atoms with Crippen LogP contribution in [-0.4, -0.2) is 33.5 Å². The van der Waals surface area contributed by atoms with Gasteiger partial charge in [-0.2, -0.15) is 0 Å². The highest BCUT2D eigenvalue weighted by molar-refractivity contribution is 9.10. The van der Waals surface area contributed by atoms with Crippen LogP contribution < -0.4 is 23.7 Å². The van der Waals surface area contributed by atoms with Crippen LogP contribution in [0.15, 0.2) is 63.5 Å². The molecule has 0 saturated heterocycles. The Morgan fingerprint density at radius 2 is 1.19 bits per heavy atom. The molecule has 0 amide bonds. The minimum Gasteiger partial charge on any atom is -0.504 e. The van der Waals surface area contributed by atoms with E-state index in [9.17, 15) is 5.11 Å². The van der Waals surface area contributed by atoms with Gasteiger partial charge in [0, 0.05) is 8.95 Å². The summed E-state index contributed by atoms with van der Waals surface area (Å²) in [6.45, 7) is 0.483. The molecule has 3 aromatic carbocycles. The fraction of sp³-hybridized carbons (Fsp3) is 0.217. The van der Waals surface area contributed by atoms with Crippen LogP contribution in [0, 0.1) is 0 Å². The molecule has 0 aromatic heterocycles. The molecule has 8 heteroatoms. The van der Waals surface area contributed by atoms with Crippen molar-refractivity contribution in [2.75, 3.05) is 28.4 Å². The Balaban J connectivity index is 0.000000245. The zero-order valence-electron chi connectivity index (χ0n) is 17.6. The van der Waals surface area contributed by atoms with Gasteiger partial charge in [0.2, 0.25) is 11.5 Å². The second-order valence-corrected chi connectivity index (χ2v) is 7.91. The predicted molar refractivity (Wildman–Crippen MR) is 127 cm³/mol. The first kappa shape index (κ1) is 24.7. The average Bonchev–Trinajstić information content (AvgIpc) is 2.77. The van der Waals surface area contributed by atoms with E-state index in [1.54, 1.807) is 26.4 Å². The van der Waals surface area contributed by atoms with Crippen LogP contribution in [0.1, 0.15) is 5.56 Å². The van der Waals surface area contributed by atoms with Crippen molar-refractivity contribution in [2.24, 2.45) is 0 Å². The maximum atomic E-state index is 9.37. The highest BCUT2D eigenvalue weighted by Crippen LogP contribution is 2.40. The zero-order valence-corrected chi connectivity index (χ0v) is 20.8. The molecule has 0 unspecified atom stereocenters. The minimum atomic E-state index is 0.0590. The summed E-state index contributed by atoms with van der Waals surface area (Å²) >= 11 is 6.65. The van der Waals surface area contributed by atoms with Crippen molar-refractivity contribution in [2.45, 2.75) is 6.61 Å². The highest BCUT2D eigenvalue weighted by Gasteiger charge is 2.13. The van der Waals surface area contributed by atoms with Gasteiger partial charge < -0.3 is 28.8 Å². The lowest BCUT2D eigenvalue weighted by atomic mass is 10.2. The van der Waals surface area contributed by atoms with Crippen LogP contribution >= 0.6 is 31.9 Å². The SMILES string of the molecule is COc1cc(Br)cc(O)c1OC.COc1cc(Br)cc(OCc2ccccc2)c1OC. The molecule has 3 rings (SSSR count). The van der Waals surface area contributed by atoms with Crippen LogP contribution in [0.25, 0.3) is 0 Å². The largest absolute Gasteiger partial charge is 0.504 e. The van der Waals surface area contributed by atoms with Gasteiger partial charge >= 0.3 is 0 Å².